The largest absolute Gasteiger partial charge is 0.391 e. The third-order valence-electron chi connectivity index (χ3n) is 7.96. The summed E-state index contributed by atoms with van der Waals surface area (Å²) in [6.45, 7) is 3.29. The van der Waals surface area contributed by atoms with Crippen LogP contribution < -0.4 is 10.6 Å². The highest BCUT2D eigenvalue weighted by molar-refractivity contribution is 7.79. The van der Waals surface area contributed by atoms with Gasteiger partial charge in [0.25, 0.3) is 0 Å². The summed E-state index contributed by atoms with van der Waals surface area (Å²) in [4.78, 5) is 2.36. The van der Waals surface area contributed by atoms with Gasteiger partial charge in [0.15, 0.2) is 0 Å². The summed E-state index contributed by atoms with van der Waals surface area (Å²) < 4.78 is 15.3. The first-order chi connectivity index (χ1) is 20.1. The molecule has 0 saturated carbocycles. The third-order valence-corrected chi connectivity index (χ3v) is 11.5. The Labute approximate surface area is 244 Å². The lowest BCUT2D eigenvalue weighted by atomic mass is 9.96. The van der Waals surface area contributed by atoms with Gasteiger partial charge in [-0.3, -0.25) is 4.90 Å². The van der Waals surface area contributed by atoms with Gasteiger partial charge in [0.1, 0.15) is 7.14 Å². The molecule has 0 amide bonds. The molecule has 208 valence electrons. The third kappa shape index (κ3) is 6.94. The average molecular weight is 560 g/mol. The molecular formula is C37H38NO2P. The minimum atomic E-state index is -3.21. The summed E-state index contributed by atoms with van der Waals surface area (Å²) in [7, 11) is -3.21. The molecule has 0 aliphatic rings. The van der Waals surface area contributed by atoms with E-state index in [1.807, 2.05) is 97.9 Å². The molecule has 0 bridgehead atoms. The van der Waals surface area contributed by atoms with E-state index >= 15 is 4.57 Å². The van der Waals surface area contributed by atoms with Crippen molar-refractivity contribution in [2.24, 2.45) is 0 Å². The topological polar surface area (TPSA) is 40.5 Å². The van der Waals surface area contributed by atoms with Crippen LogP contribution in [-0.4, -0.2) is 27.8 Å². The van der Waals surface area contributed by atoms with Gasteiger partial charge in [-0.05, 0) is 23.1 Å². The minimum absolute atomic E-state index is 0.284. The molecule has 41 heavy (non-hydrogen) atoms. The Morgan fingerprint density at radius 2 is 0.902 bits per heavy atom. The minimum Gasteiger partial charge on any atom is -0.391 e. The van der Waals surface area contributed by atoms with Crippen LogP contribution in [-0.2, 0) is 24.1 Å². The van der Waals surface area contributed by atoms with E-state index in [9.17, 15) is 5.11 Å². The Morgan fingerprint density at radius 1 is 0.561 bits per heavy atom. The van der Waals surface area contributed by atoms with Crippen molar-refractivity contribution in [3.8, 4) is 0 Å². The zero-order chi connectivity index (χ0) is 28.5. The highest BCUT2D eigenvalue weighted by Gasteiger charge is 2.42. The van der Waals surface area contributed by atoms with Gasteiger partial charge in [-0.25, -0.2) is 0 Å². The van der Waals surface area contributed by atoms with Gasteiger partial charge in [0.05, 0.1) is 6.10 Å². The lowest BCUT2D eigenvalue weighted by Gasteiger charge is -2.40. The number of rotatable bonds is 12. The Balaban J connectivity index is 1.59. The van der Waals surface area contributed by atoms with E-state index in [1.54, 1.807) is 0 Å². The second kappa shape index (κ2) is 13.7. The van der Waals surface area contributed by atoms with Crippen molar-refractivity contribution in [1.82, 2.24) is 4.90 Å². The van der Waals surface area contributed by atoms with Gasteiger partial charge in [-0.2, -0.15) is 0 Å². The Kier molecular flexibility index (Phi) is 9.64. The van der Waals surface area contributed by atoms with Crippen LogP contribution in [0.4, 0.5) is 0 Å². The molecular weight excluding hydrogens is 521 g/mol. The first kappa shape index (κ1) is 28.8. The summed E-state index contributed by atoms with van der Waals surface area (Å²) >= 11 is 0. The van der Waals surface area contributed by atoms with Crippen molar-refractivity contribution in [3.63, 3.8) is 0 Å². The van der Waals surface area contributed by atoms with Crippen molar-refractivity contribution >= 4 is 17.8 Å². The van der Waals surface area contributed by atoms with Gasteiger partial charge in [0.2, 0.25) is 0 Å². The molecule has 1 N–H and O–H groups in total. The van der Waals surface area contributed by atoms with E-state index in [2.05, 4.69) is 65.6 Å². The van der Waals surface area contributed by atoms with E-state index in [0.717, 1.165) is 16.2 Å². The lowest BCUT2D eigenvalue weighted by molar-refractivity contribution is 0.0389. The Bertz CT molecular complexity index is 1430. The van der Waals surface area contributed by atoms with Crippen LogP contribution in [0.5, 0.6) is 0 Å². The van der Waals surface area contributed by atoms with E-state index in [-0.39, 0.29) is 6.04 Å². The Morgan fingerprint density at radius 3 is 1.29 bits per heavy atom. The van der Waals surface area contributed by atoms with Crippen LogP contribution in [0.15, 0.2) is 152 Å². The SMILES string of the molecule is C[C@@H]([C@H](O)[C@@H](Cc1ccccc1)N(Cc1ccccc1)Cc1ccccc1)P(=O)(c1ccccc1)c1ccccc1. The summed E-state index contributed by atoms with van der Waals surface area (Å²) in [6, 6.07) is 50.2. The van der Waals surface area contributed by atoms with Crippen LogP contribution in [0, 0.1) is 0 Å². The van der Waals surface area contributed by atoms with Crippen molar-refractivity contribution in [2.75, 3.05) is 0 Å². The second-order valence-corrected chi connectivity index (χ2v) is 13.9. The van der Waals surface area contributed by atoms with E-state index in [0.29, 0.717) is 19.5 Å². The molecule has 3 atom stereocenters. The molecule has 5 aromatic carbocycles. The summed E-state index contributed by atoms with van der Waals surface area (Å²) in [6.07, 6.45) is -0.232. The molecule has 0 radical (unpaired) electrons. The van der Waals surface area contributed by atoms with Crippen molar-refractivity contribution in [3.05, 3.63) is 168 Å². The fourth-order valence-electron chi connectivity index (χ4n) is 5.70. The number of hydrogen-bond donors (Lipinski definition) is 1. The van der Waals surface area contributed by atoms with Crippen LogP contribution in [0.3, 0.4) is 0 Å². The lowest BCUT2D eigenvalue weighted by Crippen LogP contribution is -2.50. The molecule has 4 heteroatoms. The predicted octanol–water partition coefficient (Wildman–Crippen LogP) is 7.06. The number of aliphatic hydroxyl groups excluding tert-OH is 1. The molecule has 0 spiro atoms. The molecule has 5 aromatic rings. The van der Waals surface area contributed by atoms with Crippen molar-refractivity contribution in [2.45, 2.75) is 44.2 Å². The summed E-state index contributed by atoms with van der Waals surface area (Å²) in [5.74, 6) is 0. The molecule has 5 rings (SSSR count). The van der Waals surface area contributed by atoms with Crippen LogP contribution in [0.1, 0.15) is 23.6 Å². The molecule has 0 saturated heterocycles. The normalized spacial score (nSPS) is 13.9. The molecule has 0 unspecified atom stereocenters. The van der Waals surface area contributed by atoms with Gasteiger partial charge in [-0.15, -0.1) is 0 Å². The monoisotopic (exact) mass is 559 g/mol. The summed E-state index contributed by atoms with van der Waals surface area (Å²) in [5, 5.41) is 14.0. The highest BCUT2D eigenvalue weighted by Crippen LogP contribution is 2.50. The first-order valence-corrected chi connectivity index (χ1v) is 16.1. The molecule has 0 aliphatic carbocycles. The quantitative estimate of drug-likeness (QED) is 0.166. The van der Waals surface area contributed by atoms with Crippen molar-refractivity contribution in [1.29, 1.82) is 0 Å². The molecule has 0 aromatic heterocycles. The summed E-state index contributed by atoms with van der Waals surface area (Å²) in [5.41, 5.74) is 2.98. The highest BCUT2D eigenvalue weighted by atomic mass is 31.2. The van der Waals surface area contributed by atoms with Crippen molar-refractivity contribution < 1.29 is 9.67 Å². The standard InChI is InChI=1S/C37H38NO2P/c1-30(41(40,34-23-13-5-14-24-34)35-25-15-6-16-26-35)37(39)36(27-31-17-7-2-8-18-31)38(28-32-19-9-3-10-20-32)29-33-21-11-4-12-22-33/h2-26,30,36-37,39H,27-29H2,1H3/t30-,36+,37-/m0/s1. The zero-order valence-corrected chi connectivity index (χ0v) is 24.4. The first-order valence-electron chi connectivity index (χ1n) is 14.3. The maximum atomic E-state index is 15.3. The van der Waals surface area contributed by atoms with E-state index < -0.39 is 18.9 Å². The van der Waals surface area contributed by atoms with E-state index in [1.165, 1.54) is 11.1 Å². The number of aliphatic hydroxyl groups is 1. The molecule has 0 heterocycles. The maximum Gasteiger partial charge on any atom is 0.148 e. The Hall–Kier alpha value is -3.75. The predicted molar refractivity (Wildman–Crippen MR) is 171 cm³/mol. The number of hydrogen-bond acceptors (Lipinski definition) is 3. The number of benzene rings is 5. The van der Waals surface area contributed by atoms with Crippen LogP contribution in [0.25, 0.3) is 0 Å². The fraction of sp³-hybridized carbons (Fsp3) is 0.189. The van der Waals surface area contributed by atoms with Gasteiger partial charge in [0, 0.05) is 35.4 Å². The number of nitrogens with zero attached hydrogens (tertiary/aromatic N) is 1. The maximum absolute atomic E-state index is 15.3. The average Bonchev–Trinajstić information content (AvgIpc) is 3.04. The van der Waals surface area contributed by atoms with Crippen LogP contribution >= 0.6 is 7.14 Å². The van der Waals surface area contributed by atoms with E-state index in [4.69, 9.17) is 0 Å². The molecule has 0 fully saturated rings. The second-order valence-electron chi connectivity index (χ2n) is 10.7. The van der Waals surface area contributed by atoms with Gasteiger partial charge < -0.3 is 9.67 Å². The zero-order valence-electron chi connectivity index (χ0n) is 23.5. The molecule has 3 nitrogen and oxygen atoms in total. The molecule has 0 aliphatic heterocycles. The van der Waals surface area contributed by atoms with Crippen LogP contribution in [0.2, 0.25) is 0 Å². The van der Waals surface area contributed by atoms with Gasteiger partial charge >= 0.3 is 0 Å². The smallest absolute Gasteiger partial charge is 0.148 e. The fourth-order valence-corrected chi connectivity index (χ4v) is 8.80. The van der Waals surface area contributed by atoms with Gasteiger partial charge in [-0.1, -0.05) is 159 Å².